The molecule has 1 aromatic carbocycles. The first kappa shape index (κ1) is 13.4. The number of hydrogen-bond acceptors (Lipinski definition) is 4. The Hall–Kier alpha value is -2.01. The van der Waals surface area contributed by atoms with Crippen LogP contribution in [0.4, 0.5) is 5.69 Å². The van der Waals surface area contributed by atoms with Gasteiger partial charge in [-0.05, 0) is 31.2 Å². The number of ether oxygens (including phenoxy) is 1. The van der Waals surface area contributed by atoms with Gasteiger partial charge >= 0.3 is 0 Å². The Morgan fingerprint density at radius 1 is 1.37 bits per heavy atom. The normalized spacial score (nSPS) is 12.2. The van der Waals surface area contributed by atoms with Crippen LogP contribution in [0.2, 0.25) is 0 Å². The van der Waals surface area contributed by atoms with Crippen LogP contribution in [0.25, 0.3) is 0 Å². The van der Waals surface area contributed by atoms with E-state index >= 15 is 0 Å². The van der Waals surface area contributed by atoms with E-state index < -0.39 is 0 Å². The van der Waals surface area contributed by atoms with Gasteiger partial charge in [0, 0.05) is 18.8 Å². The number of methoxy groups -OCH3 is 1. The molecule has 3 N–H and O–H groups in total. The van der Waals surface area contributed by atoms with Crippen LogP contribution in [0.3, 0.4) is 0 Å². The monoisotopic (exact) mass is 260 g/mol. The molecule has 1 aromatic heterocycles. The van der Waals surface area contributed by atoms with Gasteiger partial charge in [0.2, 0.25) is 0 Å². The topological polar surface area (TPSA) is 65.1 Å². The van der Waals surface area contributed by atoms with E-state index in [2.05, 4.69) is 21.8 Å². The highest BCUT2D eigenvalue weighted by Gasteiger charge is 2.13. The predicted octanol–water partition coefficient (Wildman–Crippen LogP) is 2.02. The fourth-order valence-electron chi connectivity index (χ4n) is 2.03. The number of nitrogens with one attached hydrogen (secondary N) is 1. The second kappa shape index (κ2) is 6.24. The number of benzene rings is 1. The number of hydrogen-bond donors (Lipinski definition) is 2. The SMILES string of the molecule is CCn1cncc1C(CN)Nc1ccc(OC)cc1. The minimum Gasteiger partial charge on any atom is -0.497 e. The molecule has 19 heavy (non-hydrogen) atoms. The summed E-state index contributed by atoms with van der Waals surface area (Å²) in [5.41, 5.74) is 7.98. The van der Waals surface area contributed by atoms with Crippen LogP contribution in [0.1, 0.15) is 18.7 Å². The molecule has 0 bridgehead atoms. The molecule has 0 fully saturated rings. The van der Waals surface area contributed by atoms with Crippen molar-refractivity contribution in [2.24, 2.45) is 5.73 Å². The van der Waals surface area contributed by atoms with Gasteiger partial charge in [0.15, 0.2) is 0 Å². The molecule has 0 radical (unpaired) electrons. The van der Waals surface area contributed by atoms with Crippen molar-refractivity contribution in [3.8, 4) is 5.75 Å². The van der Waals surface area contributed by atoms with Gasteiger partial charge in [0.1, 0.15) is 5.75 Å². The van der Waals surface area contributed by atoms with Gasteiger partial charge in [-0.15, -0.1) is 0 Å². The molecule has 1 unspecified atom stereocenters. The minimum atomic E-state index is 0.0517. The number of aromatic nitrogens is 2. The van der Waals surface area contributed by atoms with Gasteiger partial charge in [-0.3, -0.25) is 0 Å². The molecular weight excluding hydrogens is 240 g/mol. The first-order valence-corrected chi connectivity index (χ1v) is 6.39. The lowest BCUT2D eigenvalue weighted by molar-refractivity contribution is 0.415. The van der Waals surface area contributed by atoms with Crippen molar-refractivity contribution in [1.82, 2.24) is 9.55 Å². The number of rotatable bonds is 6. The molecule has 0 saturated heterocycles. The van der Waals surface area contributed by atoms with Crippen LogP contribution in [0.5, 0.6) is 5.75 Å². The van der Waals surface area contributed by atoms with Crippen LogP contribution in [0, 0.1) is 0 Å². The third-order valence-corrected chi connectivity index (χ3v) is 3.11. The van der Waals surface area contributed by atoms with E-state index in [0.717, 1.165) is 23.7 Å². The fraction of sp³-hybridized carbons (Fsp3) is 0.357. The molecule has 1 heterocycles. The maximum atomic E-state index is 5.86. The Kier molecular flexibility index (Phi) is 4.41. The molecule has 0 saturated carbocycles. The van der Waals surface area contributed by atoms with Gasteiger partial charge in [-0.2, -0.15) is 0 Å². The van der Waals surface area contributed by atoms with Gasteiger partial charge in [0.25, 0.3) is 0 Å². The zero-order valence-corrected chi connectivity index (χ0v) is 11.3. The van der Waals surface area contributed by atoms with E-state index in [9.17, 15) is 0 Å². The predicted molar refractivity (Wildman–Crippen MR) is 76.3 cm³/mol. The third-order valence-electron chi connectivity index (χ3n) is 3.11. The highest BCUT2D eigenvalue weighted by molar-refractivity contribution is 5.47. The van der Waals surface area contributed by atoms with Crippen molar-refractivity contribution in [3.63, 3.8) is 0 Å². The molecule has 0 aliphatic carbocycles. The van der Waals surface area contributed by atoms with Crippen LogP contribution < -0.4 is 15.8 Å². The van der Waals surface area contributed by atoms with Crippen LogP contribution >= 0.6 is 0 Å². The Morgan fingerprint density at radius 3 is 2.68 bits per heavy atom. The summed E-state index contributed by atoms with van der Waals surface area (Å²) in [6.07, 6.45) is 3.69. The highest BCUT2D eigenvalue weighted by atomic mass is 16.5. The second-order valence-corrected chi connectivity index (χ2v) is 4.27. The summed E-state index contributed by atoms with van der Waals surface area (Å²) in [6.45, 7) is 3.49. The molecule has 0 aliphatic heterocycles. The van der Waals surface area contributed by atoms with Gasteiger partial charge in [-0.25, -0.2) is 4.98 Å². The van der Waals surface area contributed by atoms with E-state index in [1.54, 1.807) is 7.11 Å². The fourth-order valence-corrected chi connectivity index (χ4v) is 2.03. The van der Waals surface area contributed by atoms with Crippen molar-refractivity contribution in [2.45, 2.75) is 19.5 Å². The van der Waals surface area contributed by atoms with E-state index in [0.29, 0.717) is 6.54 Å². The van der Waals surface area contributed by atoms with Gasteiger partial charge < -0.3 is 20.4 Å². The molecule has 1 atom stereocenters. The molecule has 2 rings (SSSR count). The molecule has 0 spiro atoms. The molecule has 2 aromatic rings. The van der Waals surface area contributed by atoms with E-state index in [1.807, 2.05) is 36.8 Å². The summed E-state index contributed by atoms with van der Waals surface area (Å²) in [5, 5.41) is 3.42. The van der Waals surface area contributed by atoms with Crippen molar-refractivity contribution in [3.05, 3.63) is 42.5 Å². The zero-order valence-electron chi connectivity index (χ0n) is 11.3. The molecule has 5 heteroatoms. The number of nitrogens with zero attached hydrogens (tertiary/aromatic N) is 2. The summed E-state index contributed by atoms with van der Waals surface area (Å²) in [6, 6.07) is 7.86. The Bertz CT molecular complexity index is 506. The van der Waals surface area contributed by atoms with Crippen LogP contribution in [0.15, 0.2) is 36.8 Å². The van der Waals surface area contributed by atoms with Gasteiger partial charge in [0.05, 0.1) is 31.4 Å². The summed E-state index contributed by atoms with van der Waals surface area (Å²) in [5.74, 6) is 0.841. The number of imidazole rings is 1. The first-order chi connectivity index (χ1) is 9.28. The summed E-state index contributed by atoms with van der Waals surface area (Å²) in [4.78, 5) is 4.18. The van der Waals surface area contributed by atoms with Crippen molar-refractivity contribution >= 4 is 5.69 Å². The quantitative estimate of drug-likeness (QED) is 0.834. The van der Waals surface area contributed by atoms with Gasteiger partial charge in [-0.1, -0.05) is 0 Å². The highest BCUT2D eigenvalue weighted by Crippen LogP contribution is 2.21. The lowest BCUT2D eigenvalue weighted by Crippen LogP contribution is -2.23. The Labute approximate surface area is 113 Å². The third kappa shape index (κ3) is 3.06. The van der Waals surface area contributed by atoms with E-state index in [-0.39, 0.29) is 6.04 Å². The average Bonchev–Trinajstić information content (AvgIpc) is 2.93. The largest absolute Gasteiger partial charge is 0.497 e. The summed E-state index contributed by atoms with van der Waals surface area (Å²) < 4.78 is 7.23. The zero-order chi connectivity index (χ0) is 13.7. The lowest BCUT2D eigenvalue weighted by atomic mass is 10.2. The Morgan fingerprint density at radius 2 is 2.11 bits per heavy atom. The smallest absolute Gasteiger partial charge is 0.119 e. The Balaban J connectivity index is 2.14. The molecule has 0 amide bonds. The average molecular weight is 260 g/mol. The molecule has 102 valence electrons. The lowest BCUT2D eigenvalue weighted by Gasteiger charge is -2.19. The van der Waals surface area contributed by atoms with Crippen molar-refractivity contribution in [1.29, 1.82) is 0 Å². The second-order valence-electron chi connectivity index (χ2n) is 4.27. The maximum absolute atomic E-state index is 5.86. The van der Waals surface area contributed by atoms with Crippen LogP contribution in [-0.4, -0.2) is 23.2 Å². The first-order valence-electron chi connectivity index (χ1n) is 6.39. The molecule has 0 aliphatic rings. The molecule has 5 nitrogen and oxygen atoms in total. The maximum Gasteiger partial charge on any atom is 0.119 e. The number of anilines is 1. The van der Waals surface area contributed by atoms with E-state index in [1.165, 1.54) is 0 Å². The standard InChI is InChI=1S/C14H20N4O/c1-3-18-10-16-9-14(18)13(8-15)17-11-4-6-12(19-2)7-5-11/h4-7,9-10,13,17H,3,8,15H2,1-2H3. The van der Waals surface area contributed by atoms with Crippen molar-refractivity contribution < 1.29 is 4.74 Å². The van der Waals surface area contributed by atoms with Crippen molar-refractivity contribution in [2.75, 3.05) is 19.0 Å². The summed E-state index contributed by atoms with van der Waals surface area (Å²) in [7, 11) is 1.66. The summed E-state index contributed by atoms with van der Waals surface area (Å²) >= 11 is 0. The number of nitrogens with two attached hydrogens (primary N) is 1. The van der Waals surface area contributed by atoms with Crippen LogP contribution in [-0.2, 0) is 6.54 Å². The minimum absolute atomic E-state index is 0.0517. The molecular formula is C14H20N4O. The van der Waals surface area contributed by atoms with E-state index in [4.69, 9.17) is 10.5 Å². The number of aryl methyl sites for hydroxylation is 1.